The Morgan fingerprint density at radius 2 is 1.76 bits per heavy atom. The van der Waals surface area contributed by atoms with E-state index in [1.807, 2.05) is 18.2 Å². The van der Waals surface area contributed by atoms with Crippen LogP contribution in [0.2, 0.25) is 0 Å². The van der Waals surface area contributed by atoms with Crippen molar-refractivity contribution in [2.45, 2.75) is 0 Å². The Hall–Kier alpha value is -2.53. The molecule has 0 saturated carbocycles. The molecule has 0 unspecified atom stereocenters. The molecule has 0 aliphatic carbocycles. The monoisotopic (exact) mass is 218 g/mol. The van der Waals surface area contributed by atoms with Gasteiger partial charge >= 0.3 is 0 Å². The van der Waals surface area contributed by atoms with Gasteiger partial charge in [-0.05, 0) is 28.5 Å². The molecule has 1 N–H and O–H groups in total. The number of nitrogens with zero attached hydrogens (tertiary/aromatic N) is 1. The predicted molar refractivity (Wildman–Crippen MR) is 68.4 cm³/mol. The van der Waals surface area contributed by atoms with Crippen molar-refractivity contribution in [1.29, 1.82) is 5.26 Å². The van der Waals surface area contributed by atoms with Gasteiger partial charge in [0.25, 0.3) is 0 Å². The lowest BCUT2D eigenvalue weighted by atomic mass is 10.1. The third-order valence-corrected chi connectivity index (χ3v) is 2.87. The molecule has 17 heavy (non-hydrogen) atoms. The Morgan fingerprint density at radius 1 is 0.941 bits per heavy atom. The molecule has 0 amide bonds. The summed E-state index contributed by atoms with van der Waals surface area (Å²) in [6, 6.07) is 18.5. The minimum Gasteiger partial charge on any atom is -0.360 e. The highest BCUT2D eigenvalue weighted by molar-refractivity contribution is 5.86. The van der Waals surface area contributed by atoms with Crippen LogP contribution in [0.25, 0.3) is 22.0 Å². The number of nitrogens with one attached hydrogen (secondary N) is 1. The first kappa shape index (κ1) is 9.68. The Bertz CT molecular complexity index is 717. The van der Waals surface area contributed by atoms with Crippen molar-refractivity contribution in [1.82, 2.24) is 4.98 Å². The van der Waals surface area contributed by atoms with E-state index in [-0.39, 0.29) is 0 Å². The smallest absolute Gasteiger partial charge is 0.101 e. The van der Waals surface area contributed by atoms with Gasteiger partial charge in [-0.25, -0.2) is 0 Å². The third kappa shape index (κ3) is 1.68. The Kier molecular flexibility index (Phi) is 2.16. The summed E-state index contributed by atoms with van der Waals surface area (Å²) in [7, 11) is 0. The first-order valence-electron chi connectivity index (χ1n) is 5.44. The molecule has 3 aromatic rings. The van der Waals surface area contributed by atoms with Gasteiger partial charge < -0.3 is 4.98 Å². The first-order valence-corrected chi connectivity index (χ1v) is 5.44. The number of aromatic nitrogens is 1. The summed E-state index contributed by atoms with van der Waals surface area (Å²) in [4.78, 5) is 3.12. The minimum absolute atomic E-state index is 0.660. The number of aromatic amines is 1. The van der Waals surface area contributed by atoms with Gasteiger partial charge in [-0.3, -0.25) is 0 Å². The van der Waals surface area contributed by atoms with E-state index in [9.17, 15) is 0 Å². The average Bonchev–Trinajstić information content (AvgIpc) is 2.87. The lowest BCUT2D eigenvalue weighted by Gasteiger charge is -2.01. The number of hydrogen-bond donors (Lipinski definition) is 1. The normalized spacial score (nSPS) is 10.3. The number of fused-ring (bicyclic) bond motifs is 1. The molecule has 80 valence electrons. The van der Waals surface area contributed by atoms with Gasteiger partial charge in [-0.1, -0.05) is 36.4 Å². The topological polar surface area (TPSA) is 39.6 Å². The fourth-order valence-electron chi connectivity index (χ4n) is 1.98. The summed E-state index contributed by atoms with van der Waals surface area (Å²) in [6.07, 6.45) is 1.73. The van der Waals surface area contributed by atoms with Crippen LogP contribution in [-0.4, -0.2) is 4.98 Å². The van der Waals surface area contributed by atoms with Crippen molar-refractivity contribution >= 4 is 10.8 Å². The largest absolute Gasteiger partial charge is 0.360 e. The van der Waals surface area contributed by atoms with Crippen molar-refractivity contribution in [3.63, 3.8) is 0 Å². The number of H-pyrrole nitrogens is 1. The molecule has 0 bridgehead atoms. The van der Waals surface area contributed by atoms with Gasteiger partial charge in [-0.2, -0.15) is 5.26 Å². The van der Waals surface area contributed by atoms with Gasteiger partial charge in [0.2, 0.25) is 0 Å². The van der Waals surface area contributed by atoms with Crippen molar-refractivity contribution in [3.05, 3.63) is 60.3 Å². The standard InChI is InChI=1S/C15H10N2/c16-9-11-7-15(17-10-11)14-6-5-12-3-1-2-4-13(12)8-14/h1-8,10,17H. The van der Waals surface area contributed by atoms with Crippen LogP contribution in [-0.2, 0) is 0 Å². The quantitative estimate of drug-likeness (QED) is 0.664. The van der Waals surface area contributed by atoms with Crippen LogP contribution < -0.4 is 0 Å². The van der Waals surface area contributed by atoms with E-state index in [1.54, 1.807) is 6.20 Å². The van der Waals surface area contributed by atoms with Gasteiger partial charge in [-0.15, -0.1) is 0 Å². The van der Waals surface area contributed by atoms with Crippen LogP contribution in [0, 0.1) is 11.3 Å². The molecule has 0 aliphatic heterocycles. The zero-order chi connectivity index (χ0) is 11.7. The van der Waals surface area contributed by atoms with E-state index in [2.05, 4.69) is 41.4 Å². The molecule has 3 rings (SSSR count). The molecular formula is C15H10N2. The predicted octanol–water partition coefficient (Wildman–Crippen LogP) is 3.71. The van der Waals surface area contributed by atoms with Crippen LogP contribution in [0.15, 0.2) is 54.7 Å². The van der Waals surface area contributed by atoms with Gasteiger partial charge in [0.05, 0.1) is 5.56 Å². The van der Waals surface area contributed by atoms with Crippen LogP contribution in [0.5, 0.6) is 0 Å². The zero-order valence-electron chi connectivity index (χ0n) is 9.14. The summed E-state index contributed by atoms with van der Waals surface area (Å²) in [6.45, 7) is 0. The first-order chi connectivity index (χ1) is 8.36. The fraction of sp³-hybridized carbons (Fsp3) is 0. The molecule has 1 heterocycles. The zero-order valence-corrected chi connectivity index (χ0v) is 9.14. The minimum atomic E-state index is 0.660. The molecule has 1 aromatic heterocycles. The number of rotatable bonds is 1. The van der Waals surface area contributed by atoms with E-state index < -0.39 is 0 Å². The number of nitriles is 1. The molecule has 0 saturated heterocycles. The van der Waals surface area contributed by atoms with Crippen molar-refractivity contribution in [3.8, 4) is 17.3 Å². The molecule has 2 heteroatoms. The summed E-state index contributed by atoms with van der Waals surface area (Å²) in [5, 5.41) is 11.2. The van der Waals surface area contributed by atoms with Crippen LogP contribution in [0.1, 0.15) is 5.56 Å². The lowest BCUT2D eigenvalue weighted by molar-refractivity contribution is 1.40. The summed E-state index contributed by atoms with van der Waals surface area (Å²) in [5.41, 5.74) is 2.74. The molecular weight excluding hydrogens is 208 g/mol. The van der Waals surface area contributed by atoms with Crippen LogP contribution in [0.3, 0.4) is 0 Å². The van der Waals surface area contributed by atoms with Crippen molar-refractivity contribution in [2.75, 3.05) is 0 Å². The van der Waals surface area contributed by atoms with Crippen molar-refractivity contribution in [2.24, 2.45) is 0 Å². The highest BCUT2D eigenvalue weighted by Crippen LogP contribution is 2.23. The molecule has 0 aliphatic rings. The van der Waals surface area contributed by atoms with E-state index in [1.165, 1.54) is 10.8 Å². The molecule has 0 atom stereocenters. The summed E-state index contributed by atoms with van der Waals surface area (Å²) in [5.74, 6) is 0. The molecule has 0 spiro atoms. The van der Waals surface area contributed by atoms with Crippen molar-refractivity contribution < 1.29 is 0 Å². The number of hydrogen-bond acceptors (Lipinski definition) is 1. The fourth-order valence-corrected chi connectivity index (χ4v) is 1.98. The van der Waals surface area contributed by atoms with E-state index in [0.29, 0.717) is 5.56 Å². The Labute approximate surface area is 99.1 Å². The summed E-state index contributed by atoms with van der Waals surface area (Å²) >= 11 is 0. The molecule has 2 nitrogen and oxygen atoms in total. The van der Waals surface area contributed by atoms with Gasteiger partial charge in [0.15, 0.2) is 0 Å². The maximum atomic E-state index is 8.80. The second-order valence-electron chi connectivity index (χ2n) is 3.98. The van der Waals surface area contributed by atoms with Crippen LogP contribution in [0.4, 0.5) is 0 Å². The van der Waals surface area contributed by atoms with Crippen LogP contribution >= 0.6 is 0 Å². The highest BCUT2D eigenvalue weighted by Gasteiger charge is 2.02. The van der Waals surface area contributed by atoms with E-state index in [0.717, 1.165) is 11.3 Å². The molecule has 0 radical (unpaired) electrons. The molecule has 0 fully saturated rings. The third-order valence-electron chi connectivity index (χ3n) is 2.87. The average molecular weight is 218 g/mol. The summed E-state index contributed by atoms with van der Waals surface area (Å²) < 4.78 is 0. The van der Waals surface area contributed by atoms with E-state index in [4.69, 9.17) is 5.26 Å². The maximum absolute atomic E-state index is 8.80. The maximum Gasteiger partial charge on any atom is 0.101 e. The Morgan fingerprint density at radius 3 is 2.53 bits per heavy atom. The van der Waals surface area contributed by atoms with Gasteiger partial charge in [0, 0.05) is 11.9 Å². The Balaban J connectivity index is 2.15. The SMILES string of the molecule is N#Cc1c[nH]c(-c2ccc3ccccc3c2)c1. The number of benzene rings is 2. The molecule has 2 aromatic carbocycles. The lowest BCUT2D eigenvalue weighted by Crippen LogP contribution is -1.78. The highest BCUT2D eigenvalue weighted by atomic mass is 14.7. The second-order valence-corrected chi connectivity index (χ2v) is 3.98. The van der Waals surface area contributed by atoms with Gasteiger partial charge in [0.1, 0.15) is 6.07 Å². The van der Waals surface area contributed by atoms with E-state index >= 15 is 0 Å². The second kappa shape index (κ2) is 3.80.